The van der Waals surface area contributed by atoms with E-state index in [1.165, 1.54) is 5.56 Å². The predicted molar refractivity (Wildman–Crippen MR) is 67.0 cm³/mol. The highest BCUT2D eigenvalue weighted by Gasteiger charge is 2.13. The van der Waals surface area contributed by atoms with Crippen LogP contribution in [0.2, 0.25) is 0 Å². The first-order valence-electron chi connectivity index (χ1n) is 5.72. The standard InChI is InChI=1S/C13H21N3/c1-5-6-7-8-14-9-12-10-15-16(11-12)13(2,3)4/h1,10-11,14H,6-9H2,2-4H3. The molecule has 16 heavy (non-hydrogen) atoms. The largest absolute Gasteiger partial charge is 0.313 e. The first-order chi connectivity index (χ1) is 7.54. The molecular weight excluding hydrogens is 198 g/mol. The maximum atomic E-state index is 5.18. The van der Waals surface area contributed by atoms with E-state index in [-0.39, 0.29) is 5.54 Å². The van der Waals surface area contributed by atoms with E-state index in [1.807, 2.05) is 10.9 Å². The zero-order valence-electron chi connectivity index (χ0n) is 10.5. The number of nitrogens with zero attached hydrogens (tertiary/aromatic N) is 2. The molecule has 1 aromatic rings. The van der Waals surface area contributed by atoms with Gasteiger partial charge in [-0.25, -0.2) is 0 Å². The van der Waals surface area contributed by atoms with Gasteiger partial charge in [0.2, 0.25) is 0 Å². The van der Waals surface area contributed by atoms with E-state index in [0.717, 1.165) is 25.9 Å². The molecule has 0 aliphatic carbocycles. The first-order valence-corrected chi connectivity index (χ1v) is 5.72. The van der Waals surface area contributed by atoms with Crippen LogP contribution in [0.1, 0.15) is 39.2 Å². The molecule has 0 saturated heterocycles. The number of terminal acetylenes is 1. The van der Waals surface area contributed by atoms with Crippen molar-refractivity contribution in [3.8, 4) is 12.3 Å². The Morgan fingerprint density at radius 3 is 2.81 bits per heavy atom. The van der Waals surface area contributed by atoms with Crippen LogP contribution in [0, 0.1) is 12.3 Å². The van der Waals surface area contributed by atoms with Gasteiger partial charge in [-0.05, 0) is 33.7 Å². The lowest BCUT2D eigenvalue weighted by atomic mass is 10.1. The number of nitrogens with one attached hydrogen (secondary N) is 1. The van der Waals surface area contributed by atoms with Gasteiger partial charge in [-0.2, -0.15) is 5.10 Å². The number of hydrogen-bond donors (Lipinski definition) is 1. The average Bonchev–Trinajstić information content (AvgIpc) is 2.65. The molecule has 3 nitrogen and oxygen atoms in total. The Morgan fingerprint density at radius 1 is 1.50 bits per heavy atom. The van der Waals surface area contributed by atoms with Gasteiger partial charge in [0, 0.05) is 24.7 Å². The van der Waals surface area contributed by atoms with E-state index >= 15 is 0 Å². The molecule has 1 N–H and O–H groups in total. The van der Waals surface area contributed by atoms with Crippen molar-refractivity contribution in [2.24, 2.45) is 0 Å². The zero-order chi connectivity index (χ0) is 12.0. The molecule has 0 bridgehead atoms. The Hall–Kier alpha value is -1.27. The molecule has 0 amide bonds. The fraction of sp³-hybridized carbons (Fsp3) is 0.615. The van der Waals surface area contributed by atoms with Gasteiger partial charge in [-0.15, -0.1) is 12.3 Å². The molecule has 88 valence electrons. The lowest BCUT2D eigenvalue weighted by Crippen LogP contribution is -2.22. The summed E-state index contributed by atoms with van der Waals surface area (Å²) in [6.45, 7) is 8.25. The summed E-state index contributed by atoms with van der Waals surface area (Å²) < 4.78 is 1.99. The number of rotatable bonds is 5. The maximum Gasteiger partial charge on any atom is 0.0543 e. The van der Waals surface area contributed by atoms with Crippen LogP contribution in [0.4, 0.5) is 0 Å². The minimum Gasteiger partial charge on any atom is -0.313 e. The van der Waals surface area contributed by atoms with Gasteiger partial charge >= 0.3 is 0 Å². The fourth-order valence-electron chi connectivity index (χ4n) is 1.37. The molecule has 1 aromatic heterocycles. The molecule has 0 aliphatic heterocycles. The summed E-state index contributed by atoms with van der Waals surface area (Å²) in [4.78, 5) is 0. The van der Waals surface area contributed by atoms with Crippen LogP contribution in [0.5, 0.6) is 0 Å². The third-order valence-corrected chi connectivity index (χ3v) is 2.33. The van der Waals surface area contributed by atoms with E-state index in [9.17, 15) is 0 Å². The maximum absolute atomic E-state index is 5.18. The van der Waals surface area contributed by atoms with Crippen molar-refractivity contribution in [3.63, 3.8) is 0 Å². The van der Waals surface area contributed by atoms with E-state index in [4.69, 9.17) is 6.42 Å². The summed E-state index contributed by atoms with van der Waals surface area (Å²) in [5, 5.41) is 7.70. The second-order valence-corrected chi connectivity index (χ2v) is 4.95. The fourth-order valence-corrected chi connectivity index (χ4v) is 1.37. The summed E-state index contributed by atoms with van der Waals surface area (Å²) in [5.74, 6) is 2.63. The SMILES string of the molecule is C#CCCCNCc1cnn(C(C)(C)C)c1. The third-order valence-electron chi connectivity index (χ3n) is 2.33. The quantitative estimate of drug-likeness (QED) is 0.607. The minimum absolute atomic E-state index is 0.0573. The summed E-state index contributed by atoms with van der Waals surface area (Å²) in [6.07, 6.45) is 11.1. The second kappa shape index (κ2) is 5.72. The van der Waals surface area contributed by atoms with Gasteiger partial charge in [-0.3, -0.25) is 4.68 Å². The summed E-state index contributed by atoms with van der Waals surface area (Å²) in [6, 6.07) is 0. The lowest BCUT2D eigenvalue weighted by molar-refractivity contribution is 0.355. The highest BCUT2D eigenvalue weighted by molar-refractivity contribution is 5.04. The molecule has 0 fully saturated rings. The van der Waals surface area contributed by atoms with Gasteiger partial charge in [0.15, 0.2) is 0 Å². The van der Waals surface area contributed by atoms with Crippen molar-refractivity contribution < 1.29 is 0 Å². The van der Waals surface area contributed by atoms with Crippen LogP contribution in [-0.4, -0.2) is 16.3 Å². The van der Waals surface area contributed by atoms with Crippen LogP contribution in [-0.2, 0) is 12.1 Å². The third kappa shape index (κ3) is 4.08. The smallest absolute Gasteiger partial charge is 0.0543 e. The van der Waals surface area contributed by atoms with Crippen molar-refractivity contribution in [3.05, 3.63) is 18.0 Å². The molecule has 0 saturated carbocycles. The van der Waals surface area contributed by atoms with Gasteiger partial charge in [0.05, 0.1) is 11.7 Å². The molecule has 0 radical (unpaired) electrons. The second-order valence-electron chi connectivity index (χ2n) is 4.95. The molecular formula is C13H21N3. The van der Waals surface area contributed by atoms with Crippen molar-refractivity contribution in [1.82, 2.24) is 15.1 Å². The molecule has 0 aliphatic rings. The number of aromatic nitrogens is 2. The molecule has 1 heterocycles. The monoisotopic (exact) mass is 219 g/mol. The van der Waals surface area contributed by atoms with E-state index in [1.54, 1.807) is 0 Å². The zero-order valence-corrected chi connectivity index (χ0v) is 10.5. The Morgan fingerprint density at radius 2 is 2.25 bits per heavy atom. The van der Waals surface area contributed by atoms with Crippen LogP contribution in [0.25, 0.3) is 0 Å². The number of hydrogen-bond acceptors (Lipinski definition) is 2. The molecule has 1 rings (SSSR count). The highest BCUT2D eigenvalue weighted by Crippen LogP contribution is 2.12. The highest BCUT2D eigenvalue weighted by atomic mass is 15.3. The lowest BCUT2D eigenvalue weighted by Gasteiger charge is -2.18. The molecule has 0 aromatic carbocycles. The van der Waals surface area contributed by atoms with Gasteiger partial charge in [0.25, 0.3) is 0 Å². The van der Waals surface area contributed by atoms with E-state index < -0.39 is 0 Å². The van der Waals surface area contributed by atoms with Crippen molar-refractivity contribution in [1.29, 1.82) is 0 Å². The van der Waals surface area contributed by atoms with Crippen molar-refractivity contribution >= 4 is 0 Å². The average molecular weight is 219 g/mol. The Balaban J connectivity index is 2.33. The summed E-state index contributed by atoms with van der Waals surface area (Å²) >= 11 is 0. The van der Waals surface area contributed by atoms with Gasteiger partial charge < -0.3 is 5.32 Å². The summed E-state index contributed by atoms with van der Waals surface area (Å²) in [7, 11) is 0. The number of unbranched alkanes of at least 4 members (excludes halogenated alkanes) is 1. The minimum atomic E-state index is 0.0573. The molecule has 0 atom stereocenters. The van der Waals surface area contributed by atoms with Gasteiger partial charge in [0.1, 0.15) is 0 Å². The van der Waals surface area contributed by atoms with E-state index in [2.05, 4.69) is 43.3 Å². The van der Waals surface area contributed by atoms with Crippen molar-refractivity contribution in [2.45, 2.75) is 45.7 Å². The Bertz CT molecular complexity index is 352. The Labute approximate surface area is 98.2 Å². The summed E-state index contributed by atoms with van der Waals surface area (Å²) in [5.41, 5.74) is 1.28. The first kappa shape index (κ1) is 12.8. The molecule has 0 spiro atoms. The Kier molecular flexibility index (Phi) is 4.57. The molecule has 0 unspecified atom stereocenters. The van der Waals surface area contributed by atoms with Crippen molar-refractivity contribution in [2.75, 3.05) is 6.54 Å². The van der Waals surface area contributed by atoms with Crippen LogP contribution >= 0.6 is 0 Å². The van der Waals surface area contributed by atoms with Gasteiger partial charge in [-0.1, -0.05) is 0 Å². The predicted octanol–water partition coefficient (Wildman–Crippen LogP) is 2.14. The normalized spacial score (nSPS) is 11.4. The topological polar surface area (TPSA) is 29.9 Å². The van der Waals surface area contributed by atoms with Crippen LogP contribution < -0.4 is 5.32 Å². The van der Waals surface area contributed by atoms with Crippen LogP contribution in [0.15, 0.2) is 12.4 Å². The molecule has 3 heteroatoms. The van der Waals surface area contributed by atoms with Crippen LogP contribution in [0.3, 0.4) is 0 Å². The van der Waals surface area contributed by atoms with E-state index in [0.29, 0.717) is 0 Å².